The predicted octanol–water partition coefficient (Wildman–Crippen LogP) is 1.49. The molecule has 1 N–H and O–H groups in total. The van der Waals surface area contributed by atoms with Crippen molar-refractivity contribution in [3.05, 3.63) is 11.6 Å². The maximum absolute atomic E-state index is 5.73. The lowest BCUT2D eigenvalue weighted by molar-refractivity contribution is 0.172. The Morgan fingerprint density at radius 3 is 2.88 bits per heavy atom. The molecule has 0 saturated heterocycles. The molecule has 86 valence electrons. The van der Waals surface area contributed by atoms with Gasteiger partial charge < -0.3 is 19.7 Å². The van der Waals surface area contributed by atoms with Crippen molar-refractivity contribution in [2.24, 2.45) is 0 Å². The van der Waals surface area contributed by atoms with Gasteiger partial charge in [0.2, 0.25) is 0 Å². The van der Waals surface area contributed by atoms with Gasteiger partial charge in [0.15, 0.2) is 11.5 Å². The fourth-order valence-electron chi connectivity index (χ4n) is 2.36. The fraction of sp³-hybridized carbons (Fsp3) is 0.500. The predicted molar refractivity (Wildman–Crippen MR) is 64.0 cm³/mol. The lowest BCUT2D eigenvalue weighted by atomic mass is 10.1. The number of hydrogen-bond acceptors (Lipinski definition) is 4. The quantitative estimate of drug-likeness (QED) is 0.777. The minimum atomic E-state index is 0.632. The van der Waals surface area contributed by atoms with Crippen LogP contribution in [-0.4, -0.2) is 33.9 Å². The van der Waals surface area contributed by atoms with Crippen molar-refractivity contribution in [1.29, 1.82) is 0 Å². The van der Waals surface area contributed by atoms with Crippen molar-refractivity contribution < 1.29 is 9.47 Å². The monoisotopic (exact) mass is 220 g/mol. The third-order valence-electron chi connectivity index (χ3n) is 3.03. The molecule has 0 radical (unpaired) electrons. The van der Waals surface area contributed by atoms with Crippen LogP contribution in [0.3, 0.4) is 0 Å². The van der Waals surface area contributed by atoms with E-state index in [9.17, 15) is 0 Å². The first-order valence-electron chi connectivity index (χ1n) is 5.64. The Hall–Kier alpha value is -1.58. The Morgan fingerprint density at radius 1 is 1.25 bits per heavy atom. The van der Waals surface area contributed by atoms with Crippen molar-refractivity contribution in [3.8, 4) is 11.5 Å². The van der Waals surface area contributed by atoms with Crippen LogP contribution in [0.15, 0.2) is 6.07 Å². The van der Waals surface area contributed by atoms with E-state index >= 15 is 0 Å². The highest BCUT2D eigenvalue weighted by atomic mass is 16.6. The zero-order valence-electron chi connectivity index (χ0n) is 9.67. The van der Waals surface area contributed by atoms with Gasteiger partial charge in [0.05, 0.1) is 5.69 Å². The van der Waals surface area contributed by atoms with Crippen LogP contribution >= 0.6 is 0 Å². The van der Waals surface area contributed by atoms with Gasteiger partial charge in [-0.2, -0.15) is 0 Å². The number of fused-ring (bicyclic) bond motifs is 2. The van der Waals surface area contributed by atoms with E-state index in [2.05, 4.69) is 16.3 Å². The molecule has 0 atom stereocenters. The van der Waals surface area contributed by atoms with Crippen molar-refractivity contribution in [2.45, 2.75) is 6.42 Å². The summed E-state index contributed by atoms with van der Waals surface area (Å²) >= 11 is 0. The maximum atomic E-state index is 5.73. The summed E-state index contributed by atoms with van der Waals surface area (Å²) in [6, 6.07) is 2.11. The maximum Gasteiger partial charge on any atom is 0.186 e. The van der Waals surface area contributed by atoms with Gasteiger partial charge in [0.25, 0.3) is 0 Å². The molecule has 0 unspecified atom stereocenters. The van der Waals surface area contributed by atoms with Crippen molar-refractivity contribution >= 4 is 11.4 Å². The Labute approximate surface area is 95.1 Å². The number of ether oxygens (including phenoxy) is 2. The molecular formula is C12H16N2O2. The summed E-state index contributed by atoms with van der Waals surface area (Å²) < 4.78 is 11.4. The Balaban J connectivity index is 2.21. The van der Waals surface area contributed by atoms with Crippen LogP contribution in [0.25, 0.3) is 0 Å². The molecule has 4 heteroatoms. The van der Waals surface area contributed by atoms with E-state index in [0.29, 0.717) is 13.2 Å². The topological polar surface area (TPSA) is 33.7 Å². The molecule has 0 amide bonds. The lowest BCUT2D eigenvalue weighted by Crippen LogP contribution is -2.20. The van der Waals surface area contributed by atoms with Crippen molar-refractivity contribution in [3.63, 3.8) is 0 Å². The largest absolute Gasteiger partial charge is 0.486 e. The molecule has 1 aromatic rings. The SMILES string of the molecule is CN(C)c1c2c(cc3c1OCCO3)CCN2. The Bertz CT molecular complexity index is 430. The zero-order chi connectivity index (χ0) is 11.1. The molecule has 1 aromatic carbocycles. The highest BCUT2D eigenvalue weighted by Gasteiger charge is 2.26. The van der Waals surface area contributed by atoms with E-state index in [1.54, 1.807) is 0 Å². The molecule has 0 saturated carbocycles. The van der Waals surface area contributed by atoms with Gasteiger partial charge in [-0.3, -0.25) is 0 Å². The van der Waals surface area contributed by atoms with Crippen molar-refractivity contribution in [1.82, 2.24) is 0 Å². The van der Waals surface area contributed by atoms with Gasteiger partial charge in [-0.05, 0) is 18.1 Å². The van der Waals surface area contributed by atoms with Gasteiger partial charge in [-0.25, -0.2) is 0 Å². The third kappa shape index (κ3) is 1.29. The smallest absolute Gasteiger partial charge is 0.186 e. The summed E-state index contributed by atoms with van der Waals surface area (Å²) in [5.41, 5.74) is 3.65. The molecule has 3 rings (SSSR count). The summed E-state index contributed by atoms with van der Waals surface area (Å²) in [6.45, 7) is 2.28. The summed E-state index contributed by atoms with van der Waals surface area (Å²) in [4.78, 5) is 2.09. The molecule has 2 aliphatic rings. The number of anilines is 2. The van der Waals surface area contributed by atoms with Crippen LogP contribution in [0.1, 0.15) is 5.56 Å². The van der Waals surface area contributed by atoms with E-state index in [1.807, 2.05) is 14.1 Å². The van der Waals surface area contributed by atoms with Gasteiger partial charge in [-0.1, -0.05) is 0 Å². The molecule has 2 aliphatic heterocycles. The average Bonchev–Trinajstić information content (AvgIpc) is 2.72. The molecule has 0 spiro atoms. The molecule has 2 heterocycles. The minimum Gasteiger partial charge on any atom is -0.486 e. The second-order valence-electron chi connectivity index (χ2n) is 4.35. The van der Waals surface area contributed by atoms with Gasteiger partial charge >= 0.3 is 0 Å². The summed E-state index contributed by atoms with van der Waals surface area (Å²) in [6.07, 6.45) is 1.06. The van der Waals surface area contributed by atoms with Gasteiger partial charge in [-0.15, -0.1) is 0 Å². The third-order valence-corrected chi connectivity index (χ3v) is 3.03. The van der Waals surface area contributed by atoms with Crippen LogP contribution in [0.5, 0.6) is 11.5 Å². The molecule has 0 fully saturated rings. The van der Waals surface area contributed by atoms with Crippen LogP contribution in [0.2, 0.25) is 0 Å². The van der Waals surface area contributed by atoms with E-state index in [4.69, 9.17) is 9.47 Å². The van der Waals surface area contributed by atoms with Gasteiger partial charge in [0.1, 0.15) is 18.9 Å². The summed E-state index contributed by atoms with van der Waals surface area (Å²) in [5.74, 6) is 1.77. The fourth-order valence-corrected chi connectivity index (χ4v) is 2.36. The minimum absolute atomic E-state index is 0.632. The first-order chi connectivity index (χ1) is 7.77. The van der Waals surface area contributed by atoms with Crippen LogP contribution < -0.4 is 19.7 Å². The molecular weight excluding hydrogens is 204 g/mol. The molecule has 0 aliphatic carbocycles. The van der Waals surface area contributed by atoms with Crippen LogP contribution in [0.4, 0.5) is 11.4 Å². The zero-order valence-corrected chi connectivity index (χ0v) is 9.67. The second-order valence-corrected chi connectivity index (χ2v) is 4.35. The molecule has 4 nitrogen and oxygen atoms in total. The van der Waals surface area contributed by atoms with Crippen LogP contribution in [0, 0.1) is 0 Å². The van der Waals surface area contributed by atoms with E-state index in [-0.39, 0.29) is 0 Å². The second kappa shape index (κ2) is 3.47. The first kappa shape index (κ1) is 9.63. The highest BCUT2D eigenvalue weighted by Crippen LogP contribution is 2.47. The lowest BCUT2D eigenvalue weighted by Gasteiger charge is -2.26. The normalized spacial score (nSPS) is 16.6. The Kier molecular flexibility index (Phi) is 2.09. The Morgan fingerprint density at radius 2 is 2.06 bits per heavy atom. The average molecular weight is 220 g/mol. The number of benzene rings is 1. The summed E-state index contributed by atoms with van der Waals surface area (Å²) in [7, 11) is 4.07. The number of nitrogens with zero attached hydrogens (tertiary/aromatic N) is 1. The van der Waals surface area contributed by atoms with E-state index < -0.39 is 0 Å². The standard InChI is InChI=1S/C12H16N2O2/c1-14(2)11-10-8(3-4-13-10)7-9-12(11)16-6-5-15-9/h7,13H,3-6H2,1-2H3. The van der Waals surface area contributed by atoms with Crippen LogP contribution in [-0.2, 0) is 6.42 Å². The van der Waals surface area contributed by atoms with E-state index in [1.165, 1.54) is 11.3 Å². The van der Waals surface area contributed by atoms with Crippen molar-refractivity contribution in [2.75, 3.05) is 44.1 Å². The molecule has 0 bridgehead atoms. The number of rotatable bonds is 1. The van der Waals surface area contributed by atoms with E-state index in [0.717, 1.165) is 30.2 Å². The first-order valence-corrected chi connectivity index (χ1v) is 5.64. The molecule has 0 aromatic heterocycles. The van der Waals surface area contributed by atoms with Gasteiger partial charge in [0, 0.05) is 20.6 Å². The number of hydrogen-bond donors (Lipinski definition) is 1. The highest BCUT2D eigenvalue weighted by molar-refractivity contribution is 5.84. The summed E-state index contributed by atoms with van der Waals surface area (Å²) in [5, 5.41) is 3.42. The number of nitrogens with one attached hydrogen (secondary N) is 1. The molecule has 16 heavy (non-hydrogen) atoms.